The monoisotopic (exact) mass is 238 g/mol. The fourth-order valence-electron chi connectivity index (χ4n) is 1.41. The van der Waals surface area contributed by atoms with Crippen LogP contribution in [0.5, 0.6) is 11.5 Å². The summed E-state index contributed by atoms with van der Waals surface area (Å²) in [5.74, 6) is 1.32. The molecule has 0 aliphatic carbocycles. The second-order valence-corrected chi connectivity index (χ2v) is 5.21. The summed E-state index contributed by atoms with van der Waals surface area (Å²) >= 11 is 0. The van der Waals surface area contributed by atoms with E-state index in [-0.39, 0.29) is 5.41 Å². The molecular weight excluding hydrogens is 216 g/mol. The Morgan fingerprint density at radius 1 is 1.12 bits per heavy atom. The SMILES string of the molecule is COc1cc(N)c(NCC(C)(C)C)cc1OC. The Bertz CT molecular complexity index is 384. The van der Waals surface area contributed by atoms with Crippen molar-refractivity contribution in [2.75, 3.05) is 31.8 Å². The van der Waals surface area contributed by atoms with Gasteiger partial charge in [0.1, 0.15) is 0 Å². The van der Waals surface area contributed by atoms with Crippen molar-refractivity contribution in [2.24, 2.45) is 5.41 Å². The quantitative estimate of drug-likeness (QED) is 0.792. The van der Waals surface area contributed by atoms with Gasteiger partial charge in [0.05, 0.1) is 25.6 Å². The van der Waals surface area contributed by atoms with E-state index in [1.807, 2.05) is 6.07 Å². The molecule has 1 aromatic carbocycles. The molecule has 1 aromatic rings. The summed E-state index contributed by atoms with van der Waals surface area (Å²) in [6.45, 7) is 7.33. The van der Waals surface area contributed by atoms with Gasteiger partial charge in [-0.2, -0.15) is 0 Å². The van der Waals surface area contributed by atoms with Gasteiger partial charge < -0.3 is 20.5 Å². The lowest BCUT2D eigenvalue weighted by molar-refractivity contribution is 0.355. The molecule has 96 valence electrons. The molecule has 0 aliphatic heterocycles. The Kier molecular flexibility index (Phi) is 4.10. The smallest absolute Gasteiger partial charge is 0.162 e. The van der Waals surface area contributed by atoms with Crippen LogP contribution in [0.4, 0.5) is 11.4 Å². The van der Waals surface area contributed by atoms with Gasteiger partial charge in [0.2, 0.25) is 0 Å². The number of anilines is 2. The topological polar surface area (TPSA) is 56.5 Å². The zero-order valence-electron chi connectivity index (χ0n) is 11.3. The summed E-state index contributed by atoms with van der Waals surface area (Å²) in [4.78, 5) is 0. The van der Waals surface area contributed by atoms with Gasteiger partial charge in [-0.25, -0.2) is 0 Å². The summed E-state index contributed by atoms with van der Waals surface area (Å²) in [7, 11) is 3.21. The molecule has 0 radical (unpaired) electrons. The van der Waals surface area contributed by atoms with E-state index >= 15 is 0 Å². The predicted octanol–water partition coefficient (Wildman–Crippen LogP) is 2.74. The summed E-state index contributed by atoms with van der Waals surface area (Å²) in [6, 6.07) is 3.63. The molecule has 0 atom stereocenters. The Morgan fingerprint density at radius 2 is 1.65 bits per heavy atom. The van der Waals surface area contributed by atoms with Crippen LogP contribution in [0.15, 0.2) is 12.1 Å². The minimum atomic E-state index is 0.194. The number of rotatable bonds is 4. The third kappa shape index (κ3) is 3.73. The van der Waals surface area contributed by atoms with Crippen LogP contribution in [0.2, 0.25) is 0 Å². The van der Waals surface area contributed by atoms with Gasteiger partial charge in [0, 0.05) is 18.7 Å². The van der Waals surface area contributed by atoms with E-state index in [2.05, 4.69) is 26.1 Å². The van der Waals surface area contributed by atoms with Crippen LogP contribution in [0.3, 0.4) is 0 Å². The van der Waals surface area contributed by atoms with Crippen molar-refractivity contribution < 1.29 is 9.47 Å². The average Bonchev–Trinajstić information content (AvgIpc) is 2.25. The molecule has 3 N–H and O–H groups in total. The molecule has 0 heterocycles. The molecule has 4 heteroatoms. The van der Waals surface area contributed by atoms with E-state index in [1.165, 1.54) is 0 Å². The van der Waals surface area contributed by atoms with Crippen molar-refractivity contribution in [3.63, 3.8) is 0 Å². The molecule has 0 amide bonds. The predicted molar refractivity (Wildman–Crippen MR) is 71.9 cm³/mol. The van der Waals surface area contributed by atoms with E-state index in [9.17, 15) is 0 Å². The van der Waals surface area contributed by atoms with Gasteiger partial charge in [0.15, 0.2) is 11.5 Å². The zero-order valence-corrected chi connectivity index (χ0v) is 11.3. The molecule has 0 aromatic heterocycles. The van der Waals surface area contributed by atoms with Gasteiger partial charge in [-0.15, -0.1) is 0 Å². The molecule has 0 aliphatic rings. The second-order valence-electron chi connectivity index (χ2n) is 5.21. The van der Waals surface area contributed by atoms with Crippen molar-refractivity contribution in [1.29, 1.82) is 0 Å². The summed E-state index contributed by atoms with van der Waals surface area (Å²) in [5, 5.41) is 3.32. The van der Waals surface area contributed by atoms with Crippen LogP contribution in [0, 0.1) is 5.41 Å². The van der Waals surface area contributed by atoms with Crippen molar-refractivity contribution >= 4 is 11.4 Å². The number of benzene rings is 1. The van der Waals surface area contributed by atoms with E-state index in [4.69, 9.17) is 15.2 Å². The highest BCUT2D eigenvalue weighted by Crippen LogP contribution is 2.35. The van der Waals surface area contributed by atoms with Crippen LogP contribution in [-0.2, 0) is 0 Å². The van der Waals surface area contributed by atoms with Gasteiger partial charge in [-0.1, -0.05) is 20.8 Å². The van der Waals surface area contributed by atoms with E-state index in [1.54, 1.807) is 20.3 Å². The summed E-state index contributed by atoms with van der Waals surface area (Å²) < 4.78 is 10.4. The number of nitrogens with one attached hydrogen (secondary N) is 1. The van der Waals surface area contributed by atoms with Crippen LogP contribution >= 0.6 is 0 Å². The van der Waals surface area contributed by atoms with Crippen LogP contribution in [0.25, 0.3) is 0 Å². The summed E-state index contributed by atoms with van der Waals surface area (Å²) in [6.07, 6.45) is 0. The van der Waals surface area contributed by atoms with Gasteiger partial charge >= 0.3 is 0 Å². The summed E-state index contributed by atoms with van der Waals surface area (Å²) in [5.41, 5.74) is 7.68. The zero-order chi connectivity index (χ0) is 13.1. The molecule has 0 bridgehead atoms. The Morgan fingerprint density at radius 3 is 2.12 bits per heavy atom. The first-order valence-electron chi connectivity index (χ1n) is 5.63. The lowest BCUT2D eigenvalue weighted by Crippen LogP contribution is -2.19. The number of ether oxygens (including phenoxy) is 2. The number of hydrogen-bond donors (Lipinski definition) is 2. The number of methoxy groups -OCH3 is 2. The maximum absolute atomic E-state index is 5.95. The molecule has 0 spiro atoms. The van der Waals surface area contributed by atoms with Crippen LogP contribution in [-0.4, -0.2) is 20.8 Å². The van der Waals surface area contributed by atoms with Gasteiger partial charge in [-0.3, -0.25) is 0 Å². The first kappa shape index (κ1) is 13.5. The first-order valence-corrected chi connectivity index (χ1v) is 5.63. The maximum atomic E-state index is 5.95. The minimum absolute atomic E-state index is 0.194. The normalized spacial score (nSPS) is 11.1. The highest BCUT2D eigenvalue weighted by molar-refractivity contribution is 5.72. The number of nitrogens with two attached hydrogens (primary N) is 1. The lowest BCUT2D eigenvalue weighted by Gasteiger charge is -2.21. The molecule has 0 saturated heterocycles. The fraction of sp³-hybridized carbons (Fsp3) is 0.538. The highest BCUT2D eigenvalue weighted by atomic mass is 16.5. The largest absolute Gasteiger partial charge is 0.493 e. The molecule has 4 nitrogen and oxygen atoms in total. The van der Waals surface area contributed by atoms with Gasteiger partial charge in [-0.05, 0) is 5.41 Å². The fourth-order valence-corrected chi connectivity index (χ4v) is 1.41. The van der Waals surface area contributed by atoms with Crippen molar-refractivity contribution in [3.8, 4) is 11.5 Å². The highest BCUT2D eigenvalue weighted by Gasteiger charge is 2.13. The van der Waals surface area contributed by atoms with Crippen molar-refractivity contribution in [2.45, 2.75) is 20.8 Å². The first-order chi connectivity index (χ1) is 7.87. The average molecular weight is 238 g/mol. The second kappa shape index (κ2) is 5.17. The molecule has 1 rings (SSSR count). The molecule has 0 saturated carbocycles. The van der Waals surface area contributed by atoms with Crippen LogP contribution in [0.1, 0.15) is 20.8 Å². The maximum Gasteiger partial charge on any atom is 0.162 e. The molecule has 0 unspecified atom stereocenters. The standard InChI is InChI=1S/C13H22N2O2/c1-13(2,3)8-15-10-7-12(17-5)11(16-4)6-9(10)14/h6-7,15H,8,14H2,1-5H3. The third-order valence-corrected chi connectivity index (χ3v) is 2.36. The Hall–Kier alpha value is -1.58. The van der Waals surface area contributed by atoms with E-state index < -0.39 is 0 Å². The van der Waals surface area contributed by atoms with Crippen molar-refractivity contribution in [1.82, 2.24) is 0 Å². The van der Waals surface area contributed by atoms with E-state index in [0.29, 0.717) is 17.2 Å². The van der Waals surface area contributed by atoms with Crippen LogP contribution < -0.4 is 20.5 Å². The number of nitrogen functional groups attached to an aromatic ring is 1. The van der Waals surface area contributed by atoms with Crippen molar-refractivity contribution in [3.05, 3.63) is 12.1 Å². The molecule has 0 fully saturated rings. The molecular formula is C13H22N2O2. The Balaban J connectivity index is 2.93. The minimum Gasteiger partial charge on any atom is -0.493 e. The number of hydrogen-bond acceptors (Lipinski definition) is 4. The van der Waals surface area contributed by atoms with Gasteiger partial charge in [0.25, 0.3) is 0 Å². The third-order valence-electron chi connectivity index (χ3n) is 2.36. The van der Waals surface area contributed by atoms with E-state index in [0.717, 1.165) is 12.2 Å². The Labute approximate surface area is 103 Å². The molecule has 17 heavy (non-hydrogen) atoms. The lowest BCUT2D eigenvalue weighted by atomic mass is 9.97.